The van der Waals surface area contributed by atoms with Gasteiger partial charge in [-0.05, 0) is 30.7 Å². The summed E-state index contributed by atoms with van der Waals surface area (Å²) in [6.07, 6.45) is 0. The number of amides is 1. The standard InChI is InChI=1S/C18H21NO2S/c1-14-6-8-15(9-7-14)13-22-11-10-19-18(20)16-4-3-5-17(12-16)21-2/h3-9,12H,10-11,13H2,1-2H3,(H,19,20). The van der Waals surface area contributed by atoms with Crippen LogP contribution in [0.2, 0.25) is 0 Å². The molecule has 0 fully saturated rings. The van der Waals surface area contributed by atoms with E-state index in [1.54, 1.807) is 19.2 Å². The normalized spacial score (nSPS) is 10.3. The molecule has 116 valence electrons. The summed E-state index contributed by atoms with van der Waals surface area (Å²) in [4.78, 5) is 12.0. The van der Waals surface area contributed by atoms with E-state index in [0.29, 0.717) is 17.9 Å². The summed E-state index contributed by atoms with van der Waals surface area (Å²) < 4.78 is 5.12. The summed E-state index contributed by atoms with van der Waals surface area (Å²) in [5, 5.41) is 2.93. The molecule has 0 aliphatic rings. The minimum atomic E-state index is -0.0603. The van der Waals surface area contributed by atoms with Crippen LogP contribution in [0.5, 0.6) is 5.75 Å². The Labute approximate surface area is 136 Å². The first-order valence-corrected chi connectivity index (χ1v) is 8.40. The highest BCUT2D eigenvalue weighted by atomic mass is 32.2. The van der Waals surface area contributed by atoms with Crippen LogP contribution < -0.4 is 10.1 Å². The van der Waals surface area contributed by atoms with Crippen molar-refractivity contribution >= 4 is 17.7 Å². The smallest absolute Gasteiger partial charge is 0.251 e. The first kappa shape index (κ1) is 16.4. The third-order valence-corrected chi connectivity index (χ3v) is 4.28. The van der Waals surface area contributed by atoms with Gasteiger partial charge in [0.25, 0.3) is 5.91 Å². The molecule has 2 aromatic rings. The van der Waals surface area contributed by atoms with Gasteiger partial charge < -0.3 is 10.1 Å². The second kappa shape index (κ2) is 8.49. The molecule has 4 heteroatoms. The molecule has 0 radical (unpaired) electrons. The first-order valence-electron chi connectivity index (χ1n) is 7.24. The quantitative estimate of drug-likeness (QED) is 0.792. The lowest BCUT2D eigenvalue weighted by Crippen LogP contribution is -2.25. The number of ether oxygens (including phenoxy) is 1. The monoisotopic (exact) mass is 315 g/mol. The fraction of sp³-hybridized carbons (Fsp3) is 0.278. The van der Waals surface area contributed by atoms with Gasteiger partial charge in [0.15, 0.2) is 0 Å². The van der Waals surface area contributed by atoms with Crippen molar-refractivity contribution in [2.75, 3.05) is 19.4 Å². The Balaban J connectivity index is 1.69. The molecule has 0 saturated heterocycles. The predicted molar refractivity (Wildman–Crippen MR) is 92.7 cm³/mol. The summed E-state index contributed by atoms with van der Waals surface area (Å²) in [7, 11) is 1.60. The Kier molecular flexibility index (Phi) is 6.34. The van der Waals surface area contributed by atoms with Gasteiger partial charge in [0.05, 0.1) is 7.11 Å². The summed E-state index contributed by atoms with van der Waals surface area (Å²) >= 11 is 1.82. The fourth-order valence-corrected chi connectivity index (χ4v) is 2.80. The minimum absolute atomic E-state index is 0.0603. The second-order valence-corrected chi connectivity index (χ2v) is 6.13. The van der Waals surface area contributed by atoms with Crippen LogP contribution in [0.3, 0.4) is 0 Å². The number of nitrogens with one attached hydrogen (secondary N) is 1. The number of thioether (sulfide) groups is 1. The molecule has 22 heavy (non-hydrogen) atoms. The molecular formula is C18H21NO2S. The Hall–Kier alpha value is -1.94. The van der Waals surface area contributed by atoms with Crippen molar-refractivity contribution in [3.8, 4) is 5.75 Å². The van der Waals surface area contributed by atoms with E-state index in [2.05, 4.69) is 36.5 Å². The summed E-state index contributed by atoms with van der Waals surface area (Å²) in [5.41, 5.74) is 3.22. The van der Waals surface area contributed by atoms with Crippen LogP contribution in [-0.4, -0.2) is 25.3 Å². The van der Waals surface area contributed by atoms with Crippen LogP contribution in [0.1, 0.15) is 21.5 Å². The fourth-order valence-electron chi connectivity index (χ4n) is 1.98. The Morgan fingerprint density at radius 1 is 1.18 bits per heavy atom. The molecule has 0 saturated carbocycles. The summed E-state index contributed by atoms with van der Waals surface area (Å²) in [5.74, 6) is 2.50. The number of carbonyl (C=O) groups excluding carboxylic acids is 1. The van der Waals surface area contributed by atoms with Gasteiger partial charge >= 0.3 is 0 Å². The maximum absolute atomic E-state index is 12.0. The van der Waals surface area contributed by atoms with Crippen LogP contribution in [0.25, 0.3) is 0 Å². The van der Waals surface area contributed by atoms with Crippen molar-refractivity contribution in [3.05, 3.63) is 65.2 Å². The minimum Gasteiger partial charge on any atom is -0.497 e. The zero-order chi connectivity index (χ0) is 15.8. The van der Waals surface area contributed by atoms with Gasteiger partial charge in [0.2, 0.25) is 0 Å². The van der Waals surface area contributed by atoms with Gasteiger partial charge in [-0.3, -0.25) is 4.79 Å². The second-order valence-electron chi connectivity index (χ2n) is 5.03. The topological polar surface area (TPSA) is 38.3 Å². The number of carbonyl (C=O) groups is 1. The molecule has 3 nitrogen and oxygen atoms in total. The lowest BCUT2D eigenvalue weighted by molar-refractivity contribution is 0.0956. The molecule has 2 rings (SSSR count). The molecule has 1 amide bonds. The number of rotatable bonds is 7. The van der Waals surface area contributed by atoms with Gasteiger partial charge in [-0.15, -0.1) is 0 Å². The lowest BCUT2D eigenvalue weighted by atomic mass is 10.2. The van der Waals surface area contributed by atoms with Crippen molar-refractivity contribution in [3.63, 3.8) is 0 Å². The third kappa shape index (κ3) is 5.11. The molecule has 0 aromatic heterocycles. The number of hydrogen-bond donors (Lipinski definition) is 1. The molecule has 0 unspecified atom stereocenters. The number of hydrogen-bond acceptors (Lipinski definition) is 3. The van der Waals surface area contributed by atoms with E-state index in [1.807, 2.05) is 23.9 Å². The molecule has 0 heterocycles. The number of methoxy groups -OCH3 is 1. The highest BCUT2D eigenvalue weighted by Gasteiger charge is 2.05. The van der Waals surface area contributed by atoms with Crippen molar-refractivity contribution in [2.24, 2.45) is 0 Å². The van der Waals surface area contributed by atoms with E-state index in [-0.39, 0.29) is 5.91 Å². The van der Waals surface area contributed by atoms with Crippen LogP contribution in [-0.2, 0) is 5.75 Å². The number of benzene rings is 2. The first-order chi connectivity index (χ1) is 10.7. The van der Waals surface area contributed by atoms with E-state index in [9.17, 15) is 4.79 Å². The van der Waals surface area contributed by atoms with E-state index in [4.69, 9.17) is 4.74 Å². The van der Waals surface area contributed by atoms with Gasteiger partial charge in [0.1, 0.15) is 5.75 Å². The SMILES string of the molecule is COc1cccc(C(=O)NCCSCc2ccc(C)cc2)c1. The Bertz CT molecular complexity index is 611. The van der Waals surface area contributed by atoms with Gasteiger partial charge in [0, 0.05) is 23.6 Å². The molecule has 1 N–H and O–H groups in total. The van der Waals surface area contributed by atoms with E-state index >= 15 is 0 Å². The average molecular weight is 315 g/mol. The van der Waals surface area contributed by atoms with Crippen LogP contribution in [0.4, 0.5) is 0 Å². The molecule has 2 aromatic carbocycles. The molecule has 0 aliphatic carbocycles. The predicted octanol–water partition coefficient (Wildman–Crippen LogP) is 3.67. The highest BCUT2D eigenvalue weighted by Crippen LogP contribution is 2.13. The van der Waals surface area contributed by atoms with E-state index < -0.39 is 0 Å². The molecular weight excluding hydrogens is 294 g/mol. The maximum atomic E-state index is 12.0. The lowest BCUT2D eigenvalue weighted by Gasteiger charge is -2.07. The third-order valence-electron chi connectivity index (χ3n) is 3.25. The van der Waals surface area contributed by atoms with E-state index in [1.165, 1.54) is 11.1 Å². The van der Waals surface area contributed by atoms with Crippen LogP contribution >= 0.6 is 11.8 Å². The van der Waals surface area contributed by atoms with Crippen molar-refractivity contribution in [1.82, 2.24) is 5.32 Å². The molecule has 0 atom stereocenters. The van der Waals surface area contributed by atoms with E-state index in [0.717, 1.165) is 11.5 Å². The van der Waals surface area contributed by atoms with Gasteiger partial charge in [-0.1, -0.05) is 35.9 Å². The van der Waals surface area contributed by atoms with Gasteiger partial charge in [-0.25, -0.2) is 0 Å². The molecule has 0 bridgehead atoms. The Morgan fingerprint density at radius 2 is 1.95 bits per heavy atom. The van der Waals surface area contributed by atoms with Crippen LogP contribution in [0.15, 0.2) is 48.5 Å². The summed E-state index contributed by atoms with van der Waals surface area (Å²) in [6.45, 7) is 2.75. The molecule has 0 spiro atoms. The number of aryl methyl sites for hydroxylation is 1. The maximum Gasteiger partial charge on any atom is 0.251 e. The Morgan fingerprint density at radius 3 is 2.68 bits per heavy atom. The van der Waals surface area contributed by atoms with Crippen molar-refractivity contribution in [1.29, 1.82) is 0 Å². The van der Waals surface area contributed by atoms with Crippen molar-refractivity contribution in [2.45, 2.75) is 12.7 Å². The van der Waals surface area contributed by atoms with Crippen LogP contribution in [0, 0.1) is 6.92 Å². The van der Waals surface area contributed by atoms with Crippen molar-refractivity contribution < 1.29 is 9.53 Å². The highest BCUT2D eigenvalue weighted by molar-refractivity contribution is 7.98. The zero-order valence-corrected chi connectivity index (χ0v) is 13.8. The zero-order valence-electron chi connectivity index (χ0n) is 13.0. The van der Waals surface area contributed by atoms with Gasteiger partial charge in [-0.2, -0.15) is 11.8 Å². The molecule has 0 aliphatic heterocycles. The largest absolute Gasteiger partial charge is 0.497 e. The average Bonchev–Trinajstić information content (AvgIpc) is 2.56. The summed E-state index contributed by atoms with van der Waals surface area (Å²) in [6, 6.07) is 15.7.